The van der Waals surface area contributed by atoms with E-state index in [1.54, 1.807) is 7.11 Å². The van der Waals surface area contributed by atoms with Gasteiger partial charge in [0.1, 0.15) is 6.10 Å². The summed E-state index contributed by atoms with van der Waals surface area (Å²) in [5, 5.41) is 0. The summed E-state index contributed by atoms with van der Waals surface area (Å²) >= 11 is 0. The lowest BCUT2D eigenvalue weighted by atomic mass is 10.0. The Hall–Kier alpha value is -2.17. The number of hydrogen-bond donors (Lipinski definition) is 0. The van der Waals surface area contributed by atoms with Crippen LogP contribution in [0.4, 0.5) is 0 Å². The standard InChI is InChI=1S/C20H23NO3/c1-15-13-21(14-18(24-15)16-9-5-3-6-10-16)20(22)19(23-2)17-11-7-4-8-12-17/h3-12,15,18-19H,13-14H2,1-2H3/t15-,18-,19-/m0/s1. The molecule has 2 aromatic rings. The molecule has 0 saturated carbocycles. The fourth-order valence-electron chi connectivity index (χ4n) is 3.16. The topological polar surface area (TPSA) is 38.8 Å². The molecule has 0 N–H and O–H groups in total. The summed E-state index contributed by atoms with van der Waals surface area (Å²) in [4.78, 5) is 14.9. The van der Waals surface area contributed by atoms with Crippen LogP contribution in [0.2, 0.25) is 0 Å². The van der Waals surface area contributed by atoms with E-state index in [-0.39, 0.29) is 18.1 Å². The van der Waals surface area contributed by atoms with Crippen LogP contribution in [-0.2, 0) is 14.3 Å². The second kappa shape index (κ2) is 7.60. The minimum Gasteiger partial charge on any atom is -0.367 e. The molecule has 1 aliphatic heterocycles. The van der Waals surface area contributed by atoms with Crippen molar-refractivity contribution >= 4 is 5.91 Å². The third kappa shape index (κ3) is 3.66. The van der Waals surface area contributed by atoms with Crippen molar-refractivity contribution < 1.29 is 14.3 Å². The normalized spacial score (nSPS) is 22.2. The fourth-order valence-corrected chi connectivity index (χ4v) is 3.16. The van der Waals surface area contributed by atoms with Crippen LogP contribution in [0.1, 0.15) is 30.3 Å². The van der Waals surface area contributed by atoms with Crippen molar-refractivity contribution in [1.29, 1.82) is 0 Å². The van der Waals surface area contributed by atoms with Crippen LogP contribution >= 0.6 is 0 Å². The summed E-state index contributed by atoms with van der Waals surface area (Å²) < 4.78 is 11.5. The van der Waals surface area contributed by atoms with E-state index in [1.807, 2.05) is 72.5 Å². The number of ether oxygens (including phenoxy) is 2. The predicted octanol–water partition coefficient (Wildman–Crippen LogP) is 3.36. The molecule has 3 rings (SSSR count). The molecule has 1 fully saturated rings. The van der Waals surface area contributed by atoms with Crippen LogP contribution < -0.4 is 0 Å². The molecule has 1 heterocycles. The molecule has 0 radical (unpaired) electrons. The summed E-state index contributed by atoms with van der Waals surface area (Å²) in [6.07, 6.45) is -0.693. The Morgan fingerprint density at radius 1 is 1.08 bits per heavy atom. The number of morpholine rings is 1. The van der Waals surface area contributed by atoms with E-state index in [0.29, 0.717) is 13.1 Å². The van der Waals surface area contributed by atoms with E-state index in [4.69, 9.17) is 9.47 Å². The Bertz CT molecular complexity index is 659. The average molecular weight is 325 g/mol. The van der Waals surface area contributed by atoms with Gasteiger partial charge >= 0.3 is 0 Å². The van der Waals surface area contributed by atoms with Gasteiger partial charge in [-0.15, -0.1) is 0 Å². The van der Waals surface area contributed by atoms with Gasteiger partial charge in [0.15, 0.2) is 6.10 Å². The smallest absolute Gasteiger partial charge is 0.256 e. The van der Waals surface area contributed by atoms with E-state index < -0.39 is 6.10 Å². The quantitative estimate of drug-likeness (QED) is 0.865. The molecule has 126 valence electrons. The summed E-state index contributed by atoms with van der Waals surface area (Å²) in [7, 11) is 1.58. The molecule has 3 atom stereocenters. The first-order valence-corrected chi connectivity index (χ1v) is 8.26. The highest BCUT2D eigenvalue weighted by Gasteiger charge is 2.33. The highest BCUT2D eigenvalue weighted by molar-refractivity contribution is 5.82. The van der Waals surface area contributed by atoms with E-state index >= 15 is 0 Å². The maximum Gasteiger partial charge on any atom is 0.256 e. The number of nitrogens with zero attached hydrogens (tertiary/aromatic N) is 1. The molecule has 1 aliphatic rings. The lowest BCUT2D eigenvalue weighted by Crippen LogP contribution is -2.47. The second-order valence-electron chi connectivity index (χ2n) is 6.12. The number of benzene rings is 2. The van der Waals surface area contributed by atoms with Gasteiger partial charge in [-0.25, -0.2) is 0 Å². The maximum atomic E-state index is 13.0. The van der Waals surface area contributed by atoms with Crippen LogP contribution in [-0.4, -0.2) is 37.1 Å². The summed E-state index contributed by atoms with van der Waals surface area (Å²) in [6, 6.07) is 19.7. The molecule has 0 aliphatic carbocycles. The highest BCUT2D eigenvalue weighted by Crippen LogP contribution is 2.28. The van der Waals surface area contributed by atoms with E-state index in [2.05, 4.69) is 0 Å². The van der Waals surface area contributed by atoms with Crippen molar-refractivity contribution in [3.63, 3.8) is 0 Å². The number of carbonyl (C=O) groups excluding carboxylic acids is 1. The van der Waals surface area contributed by atoms with Crippen molar-refractivity contribution in [3.8, 4) is 0 Å². The predicted molar refractivity (Wildman–Crippen MR) is 92.5 cm³/mol. The number of rotatable bonds is 4. The SMILES string of the molecule is CO[C@H](C(=O)N1C[C@@H](c2ccccc2)O[C@@H](C)C1)c1ccccc1. The Morgan fingerprint density at radius 2 is 1.71 bits per heavy atom. The van der Waals surface area contributed by atoms with Gasteiger partial charge in [-0.3, -0.25) is 4.79 Å². The molecule has 1 amide bonds. The molecule has 4 nitrogen and oxygen atoms in total. The molecule has 24 heavy (non-hydrogen) atoms. The lowest BCUT2D eigenvalue weighted by Gasteiger charge is -2.38. The van der Waals surface area contributed by atoms with Gasteiger partial charge in [0.25, 0.3) is 5.91 Å². The minimum absolute atomic E-state index is 0.0128. The molecule has 0 spiro atoms. The van der Waals surface area contributed by atoms with Crippen LogP contribution in [0.15, 0.2) is 60.7 Å². The van der Waals surface area contributed by atoms with Gasteiger partial charge in [0.05, 0.1) is 12.6 Å². The molecule has 1 saturated heterocycles. The zero-order valence-corrected chi connectivity index (χ0v) is 14.1. The van der Waals surface area contributed by atoms with Crippen molar-refractivity contribution in [1.82, 2.24) is 4.90 Å². The van der Waals surface area contributed by atoms with Crippen molar-refractivity contribution in [2.24, 2.45) is 0 Å². The van der Waals surface area contributed by atoms with Gasteiger partial charge in [-0.2, -0.15) is 0 Å². The van der Waals surface area contributed by atoms with Crippen LogP contribution in [0, 0.1) is 0 Å². The van der Waals surface area contributed by atoms with Gasteiger partial charge in [-0.1, -0.05) is 60.7 Å². The van der Waals surface area contributed by atoms with E-state index in [1.165, 1.54) is 0 Å². The number of methoxy groups -OCH3 is 1. The number of carbonyl (C=O) groups is 1. The first-order valence-electron chi connectivity index (χ1n) is 8.26. The largest absolute Gasteiger partial charge is 0.367 e. The van der Waals surface area contributed by atoms with Crippen molar-refractivity contribution in [2.75, 3.05) is 20.2 Å². The summed E-state index contributed by atoms with van der Waals surface area (Å²) in [5.74, 6) is -0.0141. The maximum absolute atomic E-state index is 13.0. The van der Waals surface area contributed by atoms with Gasteiger partial charge in [-0.05, 0) is 18.1 Å². The molecule has 0 bridgehead atoms. The molecule has 0 unspecified atom stereocenters. The van der Waals surface area contributed by atoms with Gasteiger partial charge < -0.3 is 14.4 Å². The fraction of sp³-hybridized carbons (Fsp3) is 0.350. The number of hydrogen-bond acceptors (Lipinski definition) is 3. The lowest BCUT2D eigenvalue weighted by molar-refractivity contribution is -0.155. The zero-order chi connectivity index (χ0) is 16.9. The van der Waals surface area contributed by atoms with E-state index in [0.717, 1.165) is 11.1 Å². The monoisotopic (exact) mass is 325 g/mol. The third-order valence-electron chi connectivity index (χ3n) is 4.31. The molecule has 2 aromatic carbocycles. The Balaban J connectivity index is 1.78. The Morgan fingerprint density at radius 3 is 2.33 bits per heavy atom. The first-order chi connectivity index (χ1) is 11.7. The second-order valence-corrected chi connectivity index (χ2v) is 6.12. The third-order valence-corrected chi connectivity index (χ3v) is 4.31. The van der Waals surface area contributed by atoms with Crippen molar-refractivity contribution in [3.05, 3.63) is 71.8 Å². The average Bonchev–Trinajstić information content (AvgIpc) is 2.63. The first kappa shape index (κ1) is 16.7. The minimum atomic E-state index is -0.576. The molecule has 0 aromatic heterocycles. The molecule has 4 heteroatoms. The Labute approximate surface area is 143 Å². The van der Waals surface area contributed by atoms with Crippen LogP contribution in [0.3, 0.4) is 0 Å². The highest BCUT2D eigenvalue weighted by atomic mass is 16.5. The van der Waals surface area contributed by atoms with Gasteiger partial charge in [0, 0.05) is 13.7 Å². The van der Waals surface area contributed by atoms with Crippen LogP contribution in [0.5, 0.6) is 0 Å². The zero-order valence-electron chi connectivity index (χ0n) is 14.1. The Kier molecular flexibility index (Phi) is 5.28. The number of amides is 1. The van der Waals surface area contributed by atoms with Gasteiger partial charge in [0.2, 0.25) is 0 Å². The summed E-state index contributed by atoms with van der Waals surface area (Å²) in [5.41, 5.74) is 1.97. The molecular formula is C20H23NO3. The van der Waals surface area contributed by atoms with Crippen LogP contribution in [0.25, 0.3) is 0 Å². The molecular weight excluding hydrogens is 302 g/mol. The van der Waals surface area contributed by atoms with E-state index in [9.17, 15) is 4.79 Å². The summed E-state index contributed by atoms with van der Waals surface area (Å²) in [6.45, 7) is 3.12. The van der Waals surface area contributed by atoms with Crippen molar-refractivity contribution in [2.45, 2.75) is 25.2 Å².